The van der Waals surface area contributed by atoms with Crippen LogP contribution in [0.1, 0.15) is 34.8 Å². The Morgan fingerprint density at radius 3 is 2.71 bits per heavy atom. The summed E-state index contributed by atoms with van der Waals surface area (Å²) in [4.78, 5) is 0. The van der Waals surface area contributed by atoms with E-state index < -0.39 is 11.6 Å². The van der Waals surface area contributed by atoms with Crippen LogP contribution in [0.3, 0.4) is 0 Å². The van der Waals surface area contributed by atoms with E-state index in [1.54, 1.807) is 17.4 Å². The normalized spacial score (nSPS) is 14.6. The molecular weight excluding hydrogens is 292 g/mol. The van der Waals surface area contributed by atoms with Crippen LogP contribution >= 0.6 is 11.3 Å². The summed E-state index contributed by atoms with van der Waals surface area (Å²) in [5.74, 6) is -1.64. The van der Waals surface area contributed by atoms with Gasteiger partial charge in [0.05, 0.1) is 0 Å². The van der Waals surface area contributed by atoms with E-state index in [9.17, 15) is 8.78 Å². The van der Waals surface area contributed by atoms with Crippen LogP contribution < -0.4 is 5.32 Å². The largest absolute Gasteiger partial charge is 0.314 e. The molecule has 0 saturated heterocycles. The first-order valence-electron chi connectivity index (χ1n) is 7.19. The molecule has 1 aliphatic rings. The molecule has 1 aliphatic carbocycles. The number of aryl methyl sites for hydroxylation is 1. The van der Waals surface area contributed by atoms with Gasteiger partial charge < -0.3 is 5.32 Å². The minimum atomic E-state index is -0.820. The number of nitrogens with one attached hydrogen (secondary N) is 1. The molecule has 112 valence electrons. The lowest BCUT2D eigenvalue weighted by molar-refractivity contribution is 0.507. The zero-order valence-electron chi connectivity index (χ0n) is 11.6. The van der Waals surface area contributed by atoms with Gasteiger partial charge in [-0.1, -0.05) is 6.07 Å². The number of nitrogens with zero attached hydrogens (tertiary/aromatic N) is 2. The number of hydrogen-bond acceptors (Lipinski definition) is 4. The molecule has 21 heavy (non-hydrogen) atoms. The summed E-state index contributed by atoms with van der Waals surface area (Å²) in [5, 5.41) is 13.6. The molecule has 0 atom stereocenters. The third kappa shape index (κ3) is 4.28. The van der Waals surface area contributed by atoms with Crippen LogP contribution in [0.25, 0.3) is 0 Å². The maximum atomic E-state index is 13.1. The molecule has 1 heterocycles. The number of rotatable bonds is 7. The number of halogens is 2. The minimum absolute atomic E-state index is 0.495. The van der Waals surface area contributed by atoms with E-state index in [1.807, 2.05) is 0 Å². The summed E-state index contributed by atoms with van der Waals surface area (Å²) in [6, 6.07) is 4.69. The van der Waals surface area contributed by atoms with E-state index in [2.05, 4.69) is 15.5 Å². The van der Waals surface area contributed by atoms with E-state index in [1.165, 1.54) is 18.9 Å². The maximum absolute atomic E-state index is 13.1. The predicted molar refractivity (Wildman–Crippen MR) is 78.4 cm³/mol. The monoisotopic (exact) mass is 309 g/mol. The first-order chi connectivity index (χ1) is 10.2. The van der Waals surface area contributed by atoms with Crippen molar-refractivity contribution in [1.82, 2.24) is 15.5 Å². The Morgan fingerprint density at radius 2 is 1.95 bits per heavy atom. The van der Waals surface area contributed by atoms with Gasteiger partial charge >= 0.3 is 0 Å². The lowest BCUT2D eigenvalue weighted by atomic mass is 10.1. The third-order valence-corrected chi connectivity index (χ3v) is 4.41. The number of hydrogen-bond donors (Lipinski definition) is 1. The summed E-state index contributed by atoms with van der Waals surface area (Å²) < 4.78 is 26.0. The van der Waals surface area contributed by atoms with Gasteiger partial charge in [0.25, 0.3) is 0 Å². The van der Waals surface area contributed by atoms with Crippen molar-refractivity contribution in [1.29, 1.82) is 0 Å². The summed E-state index contributed by atoms with van der Waals surface area (Å²) in [6.45, 7) is 1.02. The van der Waals surface area contributed by atoms with E-state index in [0.717, 1.165) is 41.5 Å². The van der Waals surface area contributed by atoms with Crippen LogP contribution in [0.2, 0.25) is 0 Å². The molecule has 1 N–H and O–H groups in total. The highest BCUT2D eigenvalue weighted by Crippen LogP contribution is 2.19. The van der Waals surface area contributed by atoms with Gasteiger partial charge in [-0.3, -0.25) is 0 Å². The van der Waals surface area contributed by atoms with Crippen LogP contribution in [0.5, 0.6) is 0 Å². The average molecular weight is 309 g/mol. The zero-order chi connectivity index (χ0) is 14.7. The van der Waals surface area contributed by atoms with Gasteiger partial charge in [-0.15, -0.1) is 21.5 Å². The molecule has 0 unspecified atom stereocenters. The Balaban J connectivity index is 1.50. The van der Waals surface area contributed by atoms with Crippen molar-refractivity contribution in [3.63, 3.8) is 0 Å². The Kier molecular flexibility index (Phi) is 4.55. The predicted octanol–water partition coefficient (Wildman–Crippen LogP) is 3.09. The molecular formula is C15H17F2N3S. The summed E-state index contributed by atoms with van der Waals surface area (Å²) >= 11 is 1.55. The van der Waals surface area contributed by atoms with Gasteiger partial charge in [0, 0.05) is 18.9 Å². The van der Waals surface area contributed by atoms with Crippen molar-refractivity contribution in [2.75, 3.05) is 6.54 Å². The topological polar surface area (TPSA) is 37.8 Å². The van der Waals surface area contributed by atoms with Gasteiger partial charge in [0.15, 0.2) is 11.6 Å². The van der Waals surface area contributed by atoms with Crippen molar-refractivity contribution in [2.45, 2.75) is 38.1 Å². The Bertz CT molecular complexity index is 611. The van der Waals surface area contributed by atoms with Crippen LogP contribution in [0.15, 0.2) is 18.2 Å². The van der Waals surface area contributed by atoms with Crippen LogP contribution in [-0.4, -0.2) is 22.8 Å². The molecule has 0 bridgehead atoms. The van der Waals surface area contributed by atoms with Crippen LogP contribution in [-0.2, 0) is 12.8 Å². The Morgan fingerprint density at radius 1 is 1.14 bits per heavy atom. The van der Waals surface area contributed by atoms with E-state index in [-0.39, 0.29) is 0 Å². The summed E-state index contributed by atoms with van der Waals surface area (Å²) in [7, 11) is 0. The first-order valence-corrected chi connectivity index (χ1v) is 8.01. The molecule has 3 rings (SSSR count). The average Bonchev–Trinajstić information content (AvgIpc) is 3.19. The lowest BCUT2D eigenvalue weighted by Crippen LogP contribution is -2.17. The fourth-order valence-electron chi connectivity index (χ4n) is 2.12. The lowest BCUT2D eigenvalue weighted by Gasteiger charge is -1.99. The standard InChI is InChI=1S/C15H17F2N3S/c16-12-6-3-10(8-13(12)17)9-15-20-19-14(21-15)2-1-7-18-11-4-5-11/h3,6,8,11,18H,1-2,4-5,7,9H2. The second-order valence-corrected chi connectivity index (χ2v) is 6.49. The second kappa shape index (κ2) is 6.58. The van der Waals surface area contributed by atoms with Crippen molar-refractivity contribution in [2.24, 2.45) is 0 Å². The molecule has 3 nitrogen and oxygen atoms in total. The van der Waals surface area contributed by atoms with Gasteiger partial charge in [0.2, 0.25) is 0 Å². The van der Waals surface area contributed by atoms with Crippen molar-refractivity contribution < 1.29 is 8.78 Å². The Hall–Kier alpha value is -1.40. The molecule has 1 aromatic heterocycles. The van der Waals surface area contributed by atoms with E-state index in [4.69, 9.17) is 0 Å². The fraction of sp³-hybridized carbons (Fsp3) is 0.467. The zero-order valence-corrected chi connectivity index (χ0v) is 12.4. The molecule has 1 aromatic carbocycles. The van der Waals surface area contributed by atoms with Crippen molar-refractivity contribution >= 4 is 11.3 Å². The smallest absolute Gasteiger partial charge is 0.159 e. The number of benzene rings is 1. The molecule has 0 aliphatic heterocycles. The third-order valence-electron chi connectivity index (χ3n) is 3.43. The van der Waals surface area contributed by atoms with Crippen LogP contribution in [0, 0.1) is 11.6 Å². The molecule has 0 spiro atoms. The maximum Gasteiger partial charge on any atom is 0.159 e. The second-order valence-electron chi connectivity index (χ2n) is 5.35. The Labute approximate surface area is 126 Å². The number of aromatic nitrogens is 2. The fourth-order valence-corrected chi connectivity index (χ4v) is 3.04. The first kappa shape index (κ1) is 14.5. The highest BCUT2D eigenvalue weighted by atomic mass is 32.1. The van der Waals surface area contributed by atoms with Gasteiger partial charge in [-0.2, -0.15) is 0 Å². The molecule has 0 amide bonds. The van der Waals surface area contributed by atoms with E-state index >= 15 is 0 Å². The highest BCUT2D eigenvalue weighted by Gasteiger charge is 2.19. The quantitative estimate of drug-likeness (QED) is 0.799. The molecule has 0 radical (unpaired) electrons. The molecule has 1 fully saturated rings. The minimum Gasteiger partial charge on any atom is -0.314 e. The SMILES string of the molecule is Fc1ccc(Cc2nnc(CCCNC3CC3)s2)cc1F. The summed E-state index contributed by atoms with van der Waals surface area (Å²) in [6.07, 6.45) is 5.06. The van der Waals surface area contributed by atoms with Gasteiger partial charge in [-0.05, 0) is 43.5 Å². The molecule has 6 heteroatoms. The van der Waals surface area contributed by atoms with Gasteiger partial charge in [0.1, 0.15) is 10.0 Å². The van der Waals surface area contributed by atoms with Crippen LogP contribution in [0.4, 0.5) is 8.78 Å². The van der Waals surface area contributed by atoms with Gasteiger partial charge in [-0.25, -0.2) is 8.78 Å². The van der Waals surface area contributed by atoms with Crippen molar-refractivity contribution in [3.8, 4) is 0 Å². The van der Waals surface area contributed by atoms with Crippen molar-refractivity contribution in [3.05, 3.63) is 45.4 Å². The summed E-state index contributed by atoms with van der Waals surface area (Å²) in [5.41, 5.74) is 0.715. The highest BCUT2D eigenvalue weighted by molar-refractivity contribution is 7.11. The van der Waals surface area contributed by atoms with E-state index in [0.29, 0.717) is 12.0 Å². The molecule has 1 saturated carbocycles. The molecule has 2 aromatic rings.